The summed E-state index contributed by atoms with van der Waals surface area (Å²) >= 11 is 9.86. The van der Waals surface area contributed by atoms with Crippen LogP contribution < -0.4 is 5.32 Å². The van der Waals surface area contributed by atoms with Gasteiger partial charge in [-0.15, -0.1) is 0 Å². The van der Waals surface area contributed by atoms with Crippen LogP contribution in [0.5, 0.6) is 0 Å². The van der Waals surface area contributed by atoms with Gasteiger partial charge in [0.2, 0.25) is 5.91 Å². The minimum atomic E-state index is -0.500. The number of amides is 1. The van der Waals surface area contributed by atoms with E-state index < -0.39 is 4.92 Å². The maximum absolute atomic E-state index is 13.0. The highest BCUT2D eigenvalue weighted by molar-refractivity contribution is 9.10. The maximum Gasteiger partial charge on any atom is 0.408 e. The van der Waals surface area contributed by atoms with Gasteiger partial charge in [-0.25, -0.2) is 0 Å². The molecule has 190 valence electrons. The van der Waals surface area contributed by atoms with Gasteiger partial charge in [0.1, 0.15) is 0 Å². The number of nitro groups is 1. The van der Waals surface area contributed by atoms with Crippen molar-refractivity contribution in [2.75, 3.05) is 6.54 Å². The normalized spacial score (nSPS) is 29.1. The first-order chi connectivity index (χ1) is 16.5. The quantitative estimate of drug-likeness (QED) is 0.267. The van der Waals surface area contributed by atoms with Gasteiger partial charge < -0.3 is 15.4 Å². The highest BCUT2D eigenvalue weighted by Gasteiger charge is 2.60. The third-order valence-corrected chi connectivity index (χ3v) is 10.1. The van der Waals surface area contributed by atoms with E-state index in [-0.39, 0.29) is 27.7 Å². The number of nitrogens with zero attached hydrogens (tertiary/aromatic N) is 5. The van der Waals surface area contributed by atoms with Crippen molar-refractivity contribution >= 4 is 39.3 Å². The summed E-state index contributed by atoms with van der Waals surface area (Å²) in [4.78, 5) is 24.0. The van der Waals surface area contributed by atoms with Gasteiger partial charge in [0.15, 0.2) is 5.02 Å². The molecule has 35 heavy (non-hydrogen) atoms. The van der Waals surface area contributed by atoms with Crippen LogP contribution in [-0.4, -0.2) is 36.9 Å². The van der Waals surface area contributed by atoms with E-state index in [1.165, 1.54) is 6.42 Å². The second kappa shape index (κ2) is 8.87. The second-order valence-corrected chi connectivity index (χ2v) is 12.3. The molecular formula is C24H32BrClN6O3. The molecule has 4 saturated carbocycles. The molecule has 0 aliphatic heterocycles. The lowest BCUT2D eigenvalue weighted by atomic mass is 9.46. The Kier molecular flexibility index (Phi) is 6.27. The lowest BCUT2D eigenvalue weighted by molar-refractivity contribution is -0.389. The number of carbonyl (C=O) groups is 1. The molecule has 4 bridgehead atoms. The van der Waals surface area contributed by atoms with Crippen LogP contribution in [0.3, 0.4) is 0 Å². The van der Waals surface area contributed by atoms with Crippen molar-refractivity contribution < 1.29 is 9.72 Å². The zero-order valence-corrected chi connectivity index (χ0v) is 22.8. The van der Waals surface area contributed by atoms with Crippen LogP contribution in [0.2, 0.25) is 5.02 Å². The molecule has 0 radical (unpaired) electrons. The summed E-state index contributed by atoms with van der Waals surface area (Å²) < 4.78 is 4.87. The third kappa shape index (κ3) is 4.30. The number of nitrogens with one attached hydrogen (secondary N) is 1. The first-order valence-corrected chi connectivity index (χ1v) is 13.6. The minimum Gasteiger partial charge on any atom is -0.358 e. The molecule has 1 amide bonds. The Morgan fingerprint density at radius 1 is 1.20 bits per heavy atom. The lowest BCUT2D eigenvalue weighted by Gasteiger charge is -2.61. The first-order valence-electron chi connectivity index (χ1n) is 12.4. The van der Waals surface area contributed by atoms with Crippen molar-refractivity contribution in [2.45, 2.75) is 84.2 Å². The number of hydrogen-bond acceptors (Lipinski definition) is 5. The van der Waals surface area contributed by atoms with E-state index in [2.05, 4.69) is 31.4 Å². The Bertz CT molecular complexity index is 1180. The molecule has 6 rings (SSSR count). The molecule has 1 N–H and O–H groups in total. The molecular weight excluding hydrogens is 536 g/mol. The van der Waals surface area contributed by atoms with Crippen LogP contribution in [0, 0.1) is 48.1 Å². The number of aromatic nitrogens is 4. The fourth-order valence-electron chi connectivity index (χ4n) is 7.66. The number of carbonyl (C=O) groups excluding carboxylic acids is 1. The van der Waals surface area contributed by atoms with Crippen LogP contribution in [0.4, 0.5) is 5.82 Å². The minimum absolute atomic E-state index is 0.0750. The SMILES string of the molecule is Cc1nn(CCCNC(=O)CC23CC4CC(C2)CC(n2nc([N+](=O)[O-])c(Cl)c2C)(C4)C3)c(C)c1Br. The van der Waals surface area contributed by atoms with Crippen molar-refractivity contribution in [3.8, 4) is 0 Å². The Balaban J connectivity index is 1.26. The van der Waals surface area contributed by atoms with Crippen LogP contribution in [0.25, 0.3) is 0 Å². The van der Waals surface area contributed by atoms with Gasteiger partial charge >= 0.3 is 5.82 Å². The average Bonchev–Trinajstić information content (AvgIpc) is 3.21. The van der Waals surface area contributed by atoms with Gasteiger partial charge in [0, 0.05) is 25.2 Å². The zero-order valence-electron chi connectivity index (χ0n) is 20.4. The Labute approximate surface area is 218 Å². The largest absolute Gasteiger partial charge is 0.408 e. The number of halogens is 2. The molecule has 2 unspecified atom stereocenters. The highest BCUT2D eigenvalue weighted by Crippen LogP contribution is 2.65. The zero-order chi connectivity index (χ0) is 25.1. The summed E-state index contributed by atoms with van der Waals surface area (Å²) in [6, 6.07) is 0. The van der Waals surface area contributed by atoms with Crippen molar-refractivity contribution in [2.24, 2.45) is 17.3 Å². The number of aryl methyl sites for hydroxylation is 2. The first kappa shape index (κ1) is 24.7. The lowest BCUT2D eigenvalue weighted by Crippen LogP contribution is -2.58. The van der Waals surface area contributed by atoms with Gasteiger partial charge in [-0.3, -0.25) is 9.48 Å². The predicted octanol–water partition coefficient (Wildman–Crippen LogP) is 5.22. The van der Waals surface area contributed by atoms with Gasteiger partial charge in [-0.05, 0) is 104 Å². The summed E-state index contributed by atoms with van der Waals surface area (Å²) in [6.07, 6.45) is 7.35. The molecule has 2 heterocycles. The van der Waals surface area contributed by atoms with E-state index in [9.17, 15) is 14.9 Å². The molecule has 4 aliphatic carbocycles. The molecule has 2 aromatic heterocycles. The number of rotatable bonds is 8. The van der Waals surface area contributed by atoms with Crippen LogP contribution in [0.15, 0.2) is 4.47 Å². The van der Waals surface area contributed by atoms with Gasteiger partial charge in [0.05, 0.1) is 26.5 Å². The van der Waals surface area contributed by atoms with Crippen molar-refractivity contribution in [3.05, 3.63) is 36.7 Å². The molecule has 4 aliphatic rings. The fraction of sp³-hybridized carbons (Fsp3) is 0.708. The summed E-state index contributed by atoms with van der Waals surface area (Å²) in [7, 11) is 0. The molecule has 0 spiro atoms. The van der Waals surface area contributed by atoms with E-state index in [0.717, 1.165) is 60.9 Å². The average molecular weight is 568 g/mol. The van der Waals surface area contributed by atoms with E-state index in [4.69, 9.17) is 11.6 Å². The van der Waals surface area contributed by atoms with E-state index in [0.29, 0.717) is 30.5 Å². The van der Waals surface area contributed by atoms with Crippen molar-refractivity contribution in [3.63, 3.8) is 0 Å². The topological polar surface area (TPSA) is 108 Å². The Morgan fingerprint density at radius 2 is 1.89 bits per heavy atom. The third-order valence-electron chi connectivity index (χ3n) is 8.50. The van der Waals surface area contributed by atoms with Crippen LogP contribution in [-0.2, 0) is 16.9 Å². The fourth-order valence-corrected chi connectivity index (χ4v) is 8.13. The van der Waals surface area contributed by atoms with Crippen LogP contribution >= 0.6 is 27.5 Å². The highest BCUT2D eigenvalue weighted by atomic mass is 79.9. The second-order valence-electron chi connectivity index (χ2n) is 11.2. The van der Waals surface area contributed by atoms with Gasteiger partial charge in [-0.1, -0.05) is 11.6 Å². The molecule has 2 aromatic rings. The molecule has 9 nitrogen and oxygen atoms in total. The van der Waals surface area contributed by atoms with Crippen molar-refractivity contribution in [1.29, 1.82) is 0 Å². The summed E-state index contributed by atoms with van der Waals surface area (Å²) in [5.41, 5.74) is 2.38. The monoisotopic (exact) mass is 566 g/mol. The van der Waals surface area contributed by atoms with Gasteiger partial charge in [0.25, 0.3) is 0 Å². The van der Waals surface area contributed by atoms with Crippen LogP contribution in [0.1, 0.15) is 68.4 Å². The molecule has 2 atom stereocenters. The van der Waals surface area contributed by atoms with E-state index >= 15 is 0 Å². The van der Waals surface area contributed by atoms with Gasteiger partial charge in [-0.2, -0.15) is 9.78 Å². The summed E-state index contributed by atoms with van der Waals surface area (Å²) in [6.45, 7) is 7.21. The smallest absolute Gasteiger partial charge is 0.358 e. The van der Waals surface area contributed by atoms with E-state index in [1.807, 2.05) is 30.1 Å². The summed E-state index contributed by atoms with van der Waals surface area (Å²) in [5, 5.41) is 23.6. The number of hydrogen-bond donors (Lipinski definition) is 1. The summed E-state index contributed by atoms with van der Waals surface area (Å²) in [5.74, 6) is 0.879. The molecule has 0 aromatic carbocycles. The van der Waals surface area contributed by atoms with E-state index in [1.54, 1.807) is 0 Å². The predicted molar refractivity (Wildman–Crippen MR) is 135 cm³/mol. The maximum atomic E-state index is 13.0. The molecule has 4 fully saturated rings. The van der Waals surface area contributed by atoms with Crippen molar-refractivity contribution in [1.82, 2.24) is 24.9 Å². The molecule has 0 saturated heterocycles. The molecule has 11 heteroatoms. The standard InChI is InChI=1S/C24H32BrClN6O3/c1-14-20(25)15(2)30(28-14)6-4-5-27-19(33)12-23-8-17-7-18(9-23)11-24(10-17,13-23)31-16(3)21(26)22(29-31)32(34)35/h17-18H,4-13H2,1-3H3,(H,27,33). The Morgan fingerprint density at radius 3 is 2.46 bits per heavy atom. The Hall–Kier alpha value is -1.94.